The van der Waals surface area contributed by atoms with E-state index in [4.69, 9.17) is 10.2 Å². The minimum Gasteiger partial charge on any atom is -0.481 e. The molecule has 0 radical (unpaired) electrons. The molecule has 0 bridgehead atoms. The Hall–Kier alpha value is -1.59. The Bertz CT molecular complexity index is 380. The first-order chi connectivity index (χ1) is 12.5. The van der Waals surface area contributed by atoms with Gasteiger partial charge in [0.25, 0.3) is 0 Å². The fourth-order valence-corrected chi connectivity index (χ4v) is 2.88. The summed E-state index contributed by atoms with van der Waals surface area (Å²) in [6.45, 7) is -0.538. The SMILES string of the molecule is O=C(O)CCCCCCCCCCCCCCCCC(=O)OCC(=O)O. The van der Waals surface area contributed by atoms with Gasteiger partial charge in [-0.25, -0.2) is 4.79 Å². The molecule has 0 atom stereocenters. The van der Waals surface area contributed by atoms with Crippen LogP contribution in [-0.4, -0.2) is 34.7 Å². The molecule has 6 nitrogen and oxygen atoms in total. The number of rotatable bonds is 19. The van der Waals surface area contributed by atoms with Gasteiger partial charge in [-0.15, -0.1) is 0 Å². The highest BCUT2D eigenvalue weighted by atomic mass is 16.5. The summed E-state index contributed by atoms with van der Waals surface area (Å²) >= 11 is 0. The van der Waals surface area contributed by atoms with E-state index >= 15 is 0 Å². The third kappa shape index (κ3) is 20.5. The van der Waals surface area contributed by atoms with Crippen molar-refractivity contribution in [3.05, 3.63) is 0 Å². The molecule has 0 saturated heterocycles. The largest absolute Gasteiger partial charge is 0.481 e. The van der Waals surface area contributed by atoms with Gasteiger partial charge in [0.1, 0.15) is 0 Å². The molecule has 26 heavy (non-hydrogen) atoms. The van der Waals surface area contributed by atoms with Gasteiger partial charge in [-0.05, 0) is 12.8 Å². The van der Waals surface area contributed by atoms with Crippen LogP contribution in [0.1, 0.15) is 103 Å². The van der Waals surface area contributed by atoms with E-state index in [1.165, 1.54) is 51.4 Å². The van der Waals surface area contributed by atoms with Crippen molar-refractivity contribution in [3.63, 3.8) is 0 Å². The fraction of sp³-hybridized carbons (Fsp3) is 0.850. The van der Waals surface area contributed by atoms with Crippen LogP contribution < -0.4 is 0 Å². The van der Waals surface area contributed by atoms with Crippen molar-refractivity contribution in [3.8, 4) is 0 Å². The molecular weight excluding hydrogens is 336 g/mol. The molecule has 0 saturated carbocycles. The maximum Gasteiger partial charge on any atom is 0.341 e. The van der Waals surface area contributed by atoms with Crippen molar-refractivity contribution >= 4 is 17.9 Å². The van der Waals surface area contributed by atoms with Crippen LogP contribution >= 0.6 is 0 Å². The van der Waals surface area contributed by atoms with Crippen LogP contribution in [0.2, 0.25) is 0 Å². The van der Waals surface area contributed by atoms with Crippen molar-refractivity contribution in [2.75, 3.05) is 6.61 Å². The number of esters is 1. The first kappa shape index (κ1) is 24.4. The Balaban J connectivity index is 3.12. The van der Waals surface area contributed by atoms with Crippen LogP contribution in [0.15, 0.2) is 0 Å². The van der Waals surface area contributed by atoms with Gasteiger partial charge in [-0.3, -0.25) is 9.59 Å². The van der Waals surface area contributed by atoms with E-state index in [0.717, 1.165) is 38.5 Å². The van der Waals surface area contributed by atoms with Gasteiger partial charge >= 0.3 is 17.9 Å². The standard InChI is InChI=1S/C20H36O6/c21-18(22)15-13-11-9-7-5-3-1-2-4-6-8-10-12-14-16-20(25)26-17-19(23)24/h1-17H2,(H,21,22)(H,23,24). The third-order valence-corrected chi connectivity index (χ3v) is 4.38. The number of ether oxygens (including phenoxy) is 1. The minimum absolute atomic E-state index is 0.300. The first-order valence-corrected chi connectivity index (χ1v) is 10.1. The molecule has 0 amide bonds. The van der Waals surface area contributed by atoms with Crippen molar-refractivity contribution in [1.29, 1.82) is 0 Å². The average molecular weight is 373 g/mol. The lowest BCUT2D eigenvalue weighted by Gasteiger charge is -2.04. The average Bonchev–Trinajstić information content (AvgIpc) is 2.59. The highest BCUT2D eigenvalue weighted by Gasteiger charge is 2.05. The molecule has 0 rings (SSSR count). The Morgan fingerprint density at radius 2 is 0.846 bits per heavy atom. The zero-order valence-corrected chi connectivity index (χ0v) is 16.0. The maximum absolute atomic E-state index is 11.2. The van der Waals surface area contributed by atoms with Crippen LogP contribution in [0, 0.1) is 0 Å². The van der Waals surface area contributed by atoms with E-state index in [1.54, 1.807) is 0 Å². The molecule has 0 fully saturated rings. The maximum atomic E-state index is 11.2. The van der Waals surface area contributed by atoms with E-state index in [-0.39, 0.29) is 0 Å². The van der Waals surface area contributed by atoms with Gasteiger partial charge in [0, 0.05) is 12.8 Å². The summed E-state index contributed by atoms with van der Waals surface area (Å²) in [4.78, 5) is 31.8. The normalized spacial score (nSPS) is 10.6. The van der Waals surface area contributed by atoms with E-state index in [0.29, 0.717) is 12.8 Å². The Labute approximate surface area is 157 Å². The molecule has 0 aliphatic rings. The number of carboxylic acids is 2. The van der Waals surface area contributed by atoms with Gasteiger partial charge in [0.05, 0.1) is 0 Å². The van der Waals surface area contributed by atoms with Gasteiger partial charge in [-0.2, -0.15) is 0 Å². The van der Waals surface area contributed by atoms with E-state index < -0.39 is 24.5 Å². The number of hydrogen-bond donors (Lipinski definition) is 2. The summed E-state index contributed by atoms with van der Waals surface area (Å²) < 4.78 is 4.57. The van der Waals surface area contributed by atoms with Crippen molar-refractivity contribution in [2.24, 2.45) is 0 Å². The molecule has 152 valence electrons. The minimum atomic E-state index is -1.12. The summed E-state index contributed by atoms with van der Waals surface area (Å²) in [6.07, 6.45) is 16.5. The van der Waals surface area contributed by atoms with Crippen molar-refractivity contribution < 1.29 is 29.3 Å². The predicted molar refractivity (Wildman–Crippen MR) is 100 cm³/mol. The number of carboxylic acid groups (broad SMARTS) is 2. The number of carbonyl (C=O) groups excluding carboxylic acids is 1. The molecule has 0 aromatic carbocycles. The topological polar surface area (TPSA) is 101 Å². The van der Waals surface area contributed by atoms with Crippen molar-refractivity contribution in [1.82, 2.24) is 0 Å². The monoisotopic (exact) mass is 372 g/mol. The van der Waals surface area contributed by atoms with E-state index in [2.05, 4.69) is 4.74 Å². The van der Waals surface area contributed by atoms with Crippen LogP contribution in [0.5, 0.6) is 0 Å². The molecule has 0 aliphatic heterocycles. The Morgan fingerprint density at radius 1 is 0.500 bits per heavy atom. The fourth-order valence-electron chi connectivity index (χ4n) is 2.88. The second kappa shape index (κ2) is 18.2. The molecule has 0 spiro atoms. The first-order valence-electron chi connectivity index (χ1n) is 10.1. The van der Waals surface area contributed by atoms with Crippen LogP contribution in [0.4, 0.5) is 0 Å². The second-order valence-corrected chi connectivity index (χ2v) is 6.90. The molecule has 0 aromatic rings. The summed E-state index contributed by atoms with van der Waals surface area (Å²) in [6, 6.07) is 0. The summed E-state index contributed by atoms with van der Waals surface area (Å²) in [5.74, 6) is -2.23. The predicted octanol–water partition coefficient (Wildman–Crippen LogP) is 4.94. The highest BCUT2D eigenvalue weighted by molar-refractivity contribution is 5.75. The highest BCUT2D eigenvalue weighted by Crippen LogP contribution is 2.13. The molecule has 0 unspecified atom stereocenters. The Kier molecular flexibility index (Phi) is 17.1. The number of unbranched alkanes of at least 4 members (excludes halogenated alkanes) is 13. The second-order valence-electron chi connectivity index (χ2n) is 6.90. The van der Waals surface area contributed by atoms with E-state index in [9.17, 15) is 14.4 Å². The molecule has 6 heteroatoms. The zero-order chi connectivity index (χ0) is 19.5. The lowest BCUT2D eigenvalue weighted by Crippen LogP contribution is -2.12. The van der Waals surface area contributed by atoms with Gasteiger partial charge in [0.2, 0.25) is 0 Å². The number of aliphatic carboxylic acids is 2. The van der Waals surface area contributed by atoms with Gasteiger partial charge in [-0.1, -0.05) is 77.0 Å². The van der Waals surface area contributed by atoms with Crippen LogP contribution in [-0.2, 0) is 19.1 Å². The smallest absolute Gasteiger partial charge is 0.341 e. The molecular formula is C20H36O6. The molecule has 0 heterocycles. The number of carbonyl (C=O) groups is 3. The van der Waals surface area contributed by atoms with E-state index in [1.807, 2.05) is 0 Å². The summed E-state index contributed by atoms with van der Waals surface area (Å²) in [5.41, 5.74) is 0. The van der Waals surface area contributed by atoms with Gasteiger partial charge < -0.3 is 14.9 Å². The molecule has 2 N–H and O–H groups in total. The lowest BCUT2D eigenvalue weighted by molar-refractivity contribution is -0.155. The molecule has 0 aromatic heterocycles. The zero-order valence-electron chi connectivity index (χ0n) is 16.0. The number of hydrogen-bond acceptors (Lipinski definition) is 4. The summed E-state index contributed by atoms with van der Waals surface area (Å²) in [7, 11) is 0. The summed E-state index contributed by atoms with van der Waals surface area (Å²) in [5, 5.41) is 16.9. The quantitative estimate of drug-likeness (QED) is 0.246. The van der Waals surface area contributed by atoms with Crippen LogP contribution in [0.25, 0.3) is 0 Å². The van der Waals surface area contributed by atoms with Crippen LogP contribution in [0.3, 0.4) is 0 Å². The third-order valence-electron chi connectivity index (χ3n) is 4.38. The van der Waals surface area contributed by atoms with Gasteiger partial charge in [0.15, 0.2) is 6.61 Å². The molecule has 0 aliphatic carbocycles. The lowest BCUT2D eigenvalue weighted by atomic mass is 10.0. The van der Waals surface area contributed by atoms with Crippen molar-refractivity contribution in [2.45, 2.75) is 103 Å². The Morgan fingerprint density at radius 3 is 1.19 bits per heavy atom.